The van der Waals surface area contributed by atoms with Crippen molar-refractivity contribution in [2.45, 2.75) is 49.8 Å². The molecule has 0 unspecified atom stereocenters. The Bertz CT molecular complexity index is 1320. The molecule has 2 aromatic heterocycles. The molecular formula is C23H25FN4O4S2. The maximum absolute atomic E-state index is 13.5. The molecular weight excluding hydrogens is 479 g/mol. The zero-order valence-corrected chi connectivity index (χ0v) is 20.3. The van der Waals surface area contributed by atoms with Crippen LogP contribution in [0.1, 0.15) is 48.8 Å². The fourth-order valence-electron chi connectivity index (χ4n) is 4.31. The van der Waals surface area contributed by atoms with E-state index in [1.54, 1.807) is 19.1 Å². The monoisotopic (exact) mass is 504 g/mol. The normalized spacial score (nSPS) is 19.6. The predicted octanol–water partition coefficient (Wildman–Crippen LogP) is 4.55. The van der Waals surface area contributed by atoms with Crippen molar-refractivity contribution in [3.8, 4) is 10.7 Å². The first-order chi connectivity index (χ1) is 16.3. The minimum absolute atomic E-state index is 0.0716. The van der Waals surface area contributed by atoms with E-state index < -0.39 is 21.8 Å². The third-order valence-corrected chi connectivity index (χ3v) is 9.62. The van der Waals surface area contributed by atoms with Gasteiger partial charge in [0.05, 0.1) is 15.7 Å². The molecule has 34 heavy (non-hydrogen) atoms. The largest absolute Gasteiger partial charge is 0.339 e. The maximum Gasteiger partial charge on any atom is 0.244 e. The fourth-order valence-corrected chi connectivity index (χ4v) is 7.32. The van der Waals surface area contributed by atoms with Crippen LogP contribution in [0.25, 0.3) is 10.7 Å². The predicted molar refractivity (Wildman–Crippen MR) is 125 cm³/mol. The first-order valence-electron chi connectivity index (χ1n) is 11.3. The summed E-state index contributed by atoms with van der Waals surface area (Å²) in [6, 6.07) is 7.24. The van der Waals surface area contributed by atoms with Gasteiger partial charge in [-0.1, -0.05) is 17.6 Å². The fraction of sp³-hybridized carbons (Fsp3) is 0.435. The van der Waals surface area contributed by atoms with Crippen molar-refractivity contribution in [1.29, 1.82) is 0 Å². The molecule has 2 aliphatic rings. The van der Waals surface area contributed by atoms with Crippen LogP contribution < -0.4 is 5.32 Å². The lowest BCUT2D eigenvalue weighted by molar-refractivity contribution is -0.120. The molecule has 0 radical (unpaired) electrons. The number of nitrogens with zero attached hydrogens (tertiary/aromatic N) is 3. The number of hydrogen-bond acceptors (Lipinski definition) is 7. The summed E-state index contributed by atoms with van der Waals surface area (Å²) < 4.78 is 47.1. The zero-order valence-electron chi connectivity index (χ0n) is 18.7. The molecule has 1 amide bonds. The van der Waals surface area contributed by atoms with E-state index in [1.807, 2.05) is 0 Å². The number of carbonyl (C=O) groups is 1. The second-order valence-corrected chi connectivity index (χ2v) is 12.0. The minimum Gasteiger partial charge on any atom is -0.339 e. The second kappa shape index (κ2) is 9.20. The molecule has 1 saturated carbocycles. The Kier molecular flexibility index (Phi) is 6.26. The second-order valence-electron chi connectivity index (χ2n) is 8.82. The lowest BCUT2D eigenvalue weighted by atomic mass is 9.85. The van der Waals surface area contributed by atoms with Gasteiger partial charge < -0.3 is 9.84 Å². The molecule has 0 bridgehead atoms. The van der Waals surface area contributed by atoms with E-state index in [0.29, 0.717) is 52.5 Å². The van der Waals surface area contributed by atoms with Crippen molar-refractivity contribution in [3.63, 3.8) is 0 Å². The Balaban J connectivity index is 1.32. The molecule has 1 aliphatic heterocycles. The molecule has 11 heteroatoms. The number of piperidine rings is 1. The molecule has 5 rings (SSSR count). The van der Waals surface area contributed by atoms with E-state index in [1.165, 1.54) is 33.8 Å². The van der Waals surface area contributed by atoms with Crippen LogP contribution in [0.15, 0.2) is 39.8 Å². The number of benzene rings is 1. The number of rotatable bonds is 6. The van der Waals surface area contributed by atoms with Gasteiger partial charge in [-0.15, -0.1) is 11.3 Å². The number of aryl methyl sites for hydroxylation is 1. The van der Waals surface area contributed by atoms with Gasteiger partial charge in [-0.05, 0) is 56.9 Å². The van der Waals surface area contributed by atoms with Crippen LogP contribution in [0.3, 0.4) is 0 Å². The van der Waals surface area contributed by atoms with Crippen LogP contribution in [0, 0.1) is 18.7 Å². The topological polar surface area (TPSA) is 105 Å². The van der Waals surface area contributed by atoms with Crippen molar-refractivity contribution in [2.24, 2.45) is 5.92 Å². The number of carbonyl (C=O) groups excluding carboxylic acids is 1. The average Bonchev–Trinajstić information content (AvgIpc) is 3.40. The number of nitrogens with one attached hydrogen (secondary N) is 1. The number of sulfonamides is 1. The van der Waals surface area contributed by atoms with Crippen LogP contribution in [0.4, 0.5) is 10.1 Å². The molecule has 2 fully saturated rings. The Morgan fingerprint density at radius 2 is 2.06 bits per heavy atom. The van der Waals surface area contributed by atoms with Crippen LogP contribution >= 0.6 is 11.3 Å². The summed E-state index contributed by atoms with van der Waals surface area (Å²) in [5.74, 6) is 0.0310. The Morgan fingerprint density at radius 3 is 2.79 bits per heavy atom. The van der Waals surface area contributed by atoms with E-state index in [9.17, 15) is 17.6 Å². The lowest BCUT2D eigenvalue weighted by Gasteiger charge is -2.31. The van der Waals surface area contributed by atoms with Gasteiger partial charge in [-0.25, -0.2) is 12.8 Å². The Hall–Kier alpha value is -2.63. The molecule has 1 atom stereocenters. The van der Waals surface area contributed by atoms with Crippen LogP contribution in [0.5, 0.6) is 0 Å². The smallest absolute Gasteiger partial charge is 0.244 e. The summed E-state index contributed by atoms with van der Waals surface area (Å²) in [5, 5.41) is 6.75. The molecule has 0 spiro atoms. The third kappa shape index (κ3) is 4.51. The van der Waals surface area contributed by atoms with E-state index in [0.717, 1.165) is 19.3 Å². The van der Waals surface area contributed by atoms with Gasteiger partial charge in [-0.3, -0.25) is 4.79 Å². The van der Waals surface area contributed by atoms with E-state index >= 15 is 0 Å². The number of amides is 1. The Morgan fingerprint density at radius 1 is 1.24 bits per heavy atom. The first-order valence-corrected chi connectivity index (χ1v) is 13.6. The van der Waals surface area contributed by atoms with Crippen molar-refractivity contribution in [3.05, 3.63) is 46.9 Å². The summed E-state index contributed by atoms with van der Waals surface area (Å²) in [7, 11) is -3.81. The molecule has 3 heterocycles. The molecule has 180 valence electrons. The number of thiophene rings is 1. The molecule has 1 N–H and O–H groups in total. The highest BCUT2D eigenvalue weighted by atomic mass is 32.2. The van der Waals surface area contributed by atoms with Gasteiger partial charge in [0, 0.05) is 29.6 Å². The highest BCUT2D eigenvalue weighted by Crippen LogP contribution is 2.38. The van der Waals surface area contributed by atoms with Crippen molar-refractivity contribution in [2.75, 3.05) is 18.4 Å². The number of anilines is 1. The van der Waals surface area contributed by atoms with Gasteiger partial charge in [0.15, 0.2) is 0 Å². The van der Waals surface area contributed by atoms with Gasteiger partial charge in [0.1, 0.15) is 5.82 Å². The van der Waals surface area contributed by atoms with Crippen molar-refractivity contribution in [1.82, 2.24) is 14.4 Å². The summed E-state index contributed by atoms with van der Waals surface area (Å²) in [4.78, 5) is 18.7. The molecule has 1 saturated heterocycles. The average molecular weight is 505 g/mol. The first kappa shape index (κ1) is 23.1. The van der Waals surface area contributed by atoms with Gasteiger partial charge >= 0.3 is 0 Å². The van der Waals surface area contributed by atoms with Crippen LogP contribution in [0.2, 0.25) is 0 Å². The SMILES string of the molecule is Cc1sc(-c2noc(C3CCC3)n2)cc1S(=O)(=O)N1CCC[C@H](C(=O)Nc2cccc(F)c2)C1. The lowest BCUT2D eigenvalue weighted by Crippen LogP contribution is -2.43. The summed E-state index contributed by atoms with van der Waals surface area (Å²) in [6.07, 6.45) is 4.35. The number of hydrogen-bond donors (Lipinski definition) is 1. The van der Waals surface area contributed by atoms with Gasteiger partial charge in [-0.2, -0.15) is 9.29 Å². The van der Waals surface area contributed by atoms with E-state index in [-0.39, 0.29) is 17.3 Å². The van der Waals surface area contributed by atoms with E-state index in [2.05, 4.69) is 15.5 Å². The van der Waals surface area contributed by atoms with Crippen molar-refractivity contribution < 1.29 is 22.1 Å². The quantitative estimate of drug-likeness (QED) is 0.528. The summed E-state index contributed by atoms with van der Waals surface area (Å²) in [6.45, 7) is 2.17. The van der Waals surface area contributed by atoms with Crippen LogP contribution in [-0.2, 0) is 14.8 Å². The highest BCUT2D eigenvalue weighted by molar-refractivity contribution is 7.89. The van der Waals surface area contributed by atoms with Gasteiger partial charge in [0.25, 0.3) is 0 Å². The molecule has 1 aliphatic carbocycles. The Labute approximate surface area is 201 Å². The molecule has 1 aromatic carbocycles. The zero-order chi connectivity index (χ0) is 23.9. The minimum atomic E-state index is -3.81. The summed E-state index contributed by atoms with van der Waals surface area (Å²) in [5.41, 5.74) is 0.352. The van der Waals surface area contributed by atoms with Gasteiger partial charge in [0.2, 0.25) is 27.6 Å². The standard InChI is InChI=1S/C23H25FN4O4S2/c1-14-20(12-19(33-14)21-26-23(32-27-21)15-5-2-6-15)34(30,31)28-10-4-7-16(13-28)22(29)25-18-9-3-8-17(24)11-18/h3,8-9,11-12,15-16H,2,4-7,10,13H2,1H3,(H,25,29)/t16-/m0/s1. The molecule has 3 aromatic rings. The summed E-state index contributed by atoms with van der Waals surface area (Å²) >= 11 is 1.31. The third-order valence-electron chi connectivity index (χ3n) is 6.45. The van der Waals surface area contributed by atoms with E-state index in [4.69, 9.17) is 4.52 Å². The number of aromatic nitrogens is 2. The van der Waals surface area contributed by atoms with Crippen molar-refractivity contribution >= 4 is 33.0 Å². The molecule has 8 nitrogen and oxygen atoms in total. The number of halogens is 1. The van der Waals surface area contributed by atoms with Crippen LogP contribution in [-0.4, -0.2) is 41.9 Å². The highest BCUT2D eigenvalue weighted by Gasteiger charge is 2.35. The maximum atomic E-state index is 13.5.